The van der Waals surface area contributed by atoms with Crippen molar-refractivity contribution >= 4 is 17.4 Å². The number of carbonyl (C=O) groups excluding carboxylic acids is 2. The maximum Gasteiger partial charge on any atom is 0.295 e. The van der Waals surface area contributed by atoms with Crippen LogP contribution in [0.3, 0.4) is 0 Å². The number of nitrogens with zero attached hydrogens (tertiary/aromatic N) is 2. The molecule has 2 saturated heterocycles. The topological polar surface area (TPSA) is 79.3 Å². The molecule has 1 amide bonds. The van der Waals surface area contributed by atoms with Gasteiger partial charge in [-0.15, -0.1) is 0 Å². The second-order valence-corrected chi connectivity index (χ2v) is 7.82. The fourth-order valence-corrected chi connectivity index (χ4v) is 4.17. The van der Waals surface area contributed by atoms with E-state index in [0.29, 0.717) is 32.8 Å². The molecular weight excluding hydrogens is 434 g/mol. The van der Waals surface area contributed by atoms with E-state index in [1.807, 2.05) is 0 Å². The molecule has 0 aromatic heterocycles. The Kier molecular flexibility index (Phi) is 6.71. The molecule has 7 nitrogen and oxygen atoms in total. The van der Waals surface area contributed by atoms with E-state index < -0.39 is 35.1 Å². The first-order valence-electron chi connectivity index (χ1n) is 10.6. The number of carbonyl (C=O) groups is 2. The average molecular weight is 458 g/mol. The molecule has 1 N–H and O–H groups in total. The van der Waals surface area contributed by atoms with Crippen molar-refractivity contribution in [1.82, 2.24) is 9.80 Å². The highest BCUT2D eigenvalue weighted by atomic mass is 19.1. The fraction of sp³-hybridized carbons (Fsp3) is 0.333. The van der Waals surface area contributed by atoms with Crippen LogP contribution in [-0.2, 0) is 14.3 Å². The summed E-state index contributed by atoms with van der Waals surface area (Å²) in [6, 6.07) is 8.32. The van der Waals surface area contributed by atoms with Crippen LogP contribution >= 0.6 is 0 Å². The first kappa shape index (κ1) is 22.9. The average Bonchev–Trinajstić information content (AvgIpc) is 3.08. The Bertz CT molecular complexity index is 1100. The van der Waals surface area contributed by atoms with E-state index in [1.54, 1.807) is 6.07 Å². The molecule has 2 aromatic carbocycles. The van der Waals surface area contributed by atoms with Crippen LogP contribution in [0.5, 0.6) is 5.75 Å². The maximum atomic E-state index is 14.8. The molecule has 174 valence electrons. The molecule has 33 heavy (non-hydrogen) atoms. The van der Waals surface area contributed by atoms with Crippen LogP contribution in [0.4, 0.5) is 8.78 Å². The van der Waals surface area contributed by atoms with Crippen LogP contribution in [-0.4, -0.2) is 73.1 Å². The number of hydrogen-bond donors (Lipinski definition) is 1. The molecule has 0 spiro atoms. The van der Waals surface area contributed by atoms with E-state index in [0.717, 1.165) is 6.07 Å². The smallest absolute Gasteiger partial charge is 0.295 e. The summed E-state index contributed by atoms with van der Waals surface area (Å²) < 4.78 is 39.3. The number of benzene rings is 2. The molecule has 0 aliphatic carbocycles. The number of ketones is 1. The molecule has 2 heterocycles. The predicted octanol–water partition coefficient (Wildman–Crippen LogP) is 2.73. The Labute approximate surface area is 189 Å². The lowest BCUT2D eigenvalue weighted by molar-refractivity contribution is -0.140. The van der Waals surface area contributed by atoms with Gasteiger partial charge in [-0.1, -0.05) is 18.2 Å². The summed E-state index contributed by atoms with van der Waals surface area (Å²) in [7, 11) is 1.30. The minimum atomic E-state index is -1.14. The van der Waals surface area contributed by atoms with Crippen molar-refractivity contribution in [2.75, 3.05) is 46.5 Å². The van der Waals surface area contributed by atoms with Gasteiger partial charge in [0.1, 0.15) is 11.6 Å². The summed E-state index contributed by atoms with van der Waals surface area (Å²) in [5.74, 6) is -3.76. The Balaban J connectivity index is 1.76. The highest BCUT2D eigenvalue weighted by molar-refractivity contribution is 6.46. The van der Waals surface area contributed by atoms with E-state index in [-0.39, 0.29) is 29.0 Å². The molecule has 0 bridgehead atoms. The van der Waals surface area contributed by atoms with Crippen LogP contribution in [0.2, 0.25) is 0 Å². The molecule has 1 atom stereocenters. The number of aliphatic hydroxyl groups excluding tert-OH is 1. The number of likely N-dealkylation sites (tertiary alicyclic amines) is 1. The van der Waals surface area contributed by atoms with Gasteiger partial charge in [-0.3, -0.25) is 14.5 Å². The molecule has 2 aromatic rings. The van der Waals surface area contributed by atoms with Crippen LogP contribution in [0.1, 0.15) is 17.2 Å². The van der Waals surface area contributed by atoms with E-state index in [4.69, 9.17) is 9.47 Å². The standard InChI is InChI=1S/C24H24F2N2O5/c1-32-19-7-6-15(14-18(19)26)22(29)20-21(16-4-2-3-5-17(16)25)28(24(31)23(20)30)9-8-27-10-12-33-13-11-27/h2-7,14,21,29H,8-13H2,1H3/b22-20+/t21-/m0/s1. The SMILES string of the molecule is COc1ccc(/C(O)=C2\C(=O)C(=O)N(CCN3CCOCC3)[C@H]2c2ccccc2F)cc1F. The van der Waals surface area contributed by atoms with Gasteiger partial charge in [0, 0.05) is 37.3 Å². The van der Waals surface area contributed by atoms with Gasteiger partial charge < -0.3 is 19.5 Å². The highest BCUT2D eigenvalue weighted by Gasteiger charge is 2.47. The maximum absolute atomic E-state index is 14.8. The Hall–Kier alpha value is -3.30. The number of Topliss-reactive ketones (excluding diaryl/α,β-unsaturated/α-hetero) is 1. The molecule has 9 heteroatoms. The highest BCUT2D eigenvalue weighted by Crippen LogP contribution is 2.40. The lowest BCUT2D eigenvalue weighted by atomic mass is 9.95. The summed E-state index contributed by atoms with van der Waals surface area (Å²) >= 11 is 0. The Morgan fingerprint density at radius 1 is 1.09 bits per heavy atom. The summed E-state index contributed by atoms with van der Waals surface area (Å²) in [5.41, 5.74) is -0.216. The summed E-state index contributed by atoms with van der Waals surface area (Å²) in [6.45, 7) is 3.10. The number of amides is 1. The lowest BCUT2D eigenvalue weighted by Crippen LogP contribution is -2.42. The van der Waals surface area contributed by atoms with Gasteiger partial charge in [-0.05, 0) is 24.3 Å². The Morgan fingerprint density at radius 3 is 2.48 bits per heavy atom. The Morgan fingerprint density at radius 2 is 1.82 bits per heavy atom. The second-order valence-electron chi connectivity index (χ2n) is 7.82. The zero-order valence-electron chi connectivity index (χ0n) is 18.1. The van der Waals surface area contributed by atoms with Gasteiger partial charge >= 0.3 is 0 Å². The van der Waals surface area contributed by atoms with E-state index in [2.05, 4.69) is 4.90 Å². The third-order valence-electron chi connectivity index (χ3n) is 5.93. The van der Waals surface area contributed by atoms with Crippen LogP contribution in [0, 0.1) is 11.6 Å². The molecule has 0 saturated carbocycles. The minimum Gasteiger partial charge on any atom is -0.507 e. The van der Waals surface area contributed by atoms with E-state index in [9.17, 15) is 23.5 Å². The first-order valence-corrected chi connectivity index (χ1v) is 10.6. The van der Waals surface area contributed by atoms with Crippen molar-refractivity contribution in [3.8, 4) is 5.75 Å². The monoisotopic (exact) mass is 458 g/mol. The molecular formula is C24H24F2N2O5. The number of aliphatic hydroxyl groups is 1. The van der Waals surface area contributed by atoms with Crippen LogP contribution in [0.25, 0.3) is 5.76 Å². The second kappa shape index (κ2) is 9.68. The van der Waals surface area contributed by atoms with Crippen molar-refractivity contribution in [3.05, 3.63) is 70.8 Å². The molecule has 0 radical (unpaired) electrons. The van der Waals surface area contributed by atoms with Crippen molar-refractivity contribution in [3.63, 3.8) is 0 Å². The summed E-state index contributed by atoms with van der Waals surface area (Å²) in [5, 5.41) is 11.0. The number of rotatable bonds is 6. The predicted molar refractivity (Wildman–Crippen MR) is 116 cm³/mol. The normalized spacial score (nSPS) is 20.9. The van der Waals surface area contributed by atoms with Crippen LogP contribution < -0.4 is 4.74 Å². The van der Waals surface area contributed by atoms with Crippen molar-refractivity contribution in [2.24, 2.45) is 0 Å². The summed E-state index contributed by atoms with van der Waals surface area (Å²) in [6.07, 6.45) is 0. The molecule has 0 unspecified atom stereocenters. The molecule has 2 aliphatic heterocycles. The largest absolute Gasteiger partial charge is 0.507 e. The number of halogens is 2. The zero-order valence-corrected chi connectivity index (χ0v) is 18.1. The first-order chi connectivity index (χ1) is 15.9. The van der Waals surface area contributed by atoms with Gasteiger partial charge in [0.15, 0.2) is 11.6 Å². The van der Waals surface area contributed by atoms with Gasteiger partial charge in [-0.25, -0.2) is 8.78 Å². The van der Waals surface area contributed by atoms with Crippen molar-refractivity contribution < 1.29 is 33.0 Å². The minimum absolute atomic E-state index is 0.0131. The third-order valence-corrected chi connectivity index (χ3v) is 5.93. The number of morpholine rings is 1. The number of hydrogen-bond acceptors (Lipinski definition) is 6. The van der Waals surface area contributed by atoms with Gasteiger partial charge in [0.05, 0.1) is 31.9 Å². The zero-order chi connectivity index (χ0) is 23.5. The molecule has 2 fully saturated rings. The van der Waals surface area contributed by atoms with Gasteiger partial charge in [0.2, 0.25) is 0 Å². The fourth-order valence-electron chi connectivity index (χ4n) is 4.17. The number of methoxy groups -OCH3 is 1. The summed E-state index contributed by atoms with van der Waals surface area (Å²) in [4.78, 5) is 29.3. The molecule has 2 aliphatic rings. The van der Waals surface area contributed by atoms with Gasteiger partial charge in [-0.2, -0.15) is 0 Å². The third kappa shape index (κ3) is 4.46. The van der Waals surface area contributed by atoms with E-state index >= 15 is 0 Å². The quantitative estimate of drug-likeness (QED) is 0.408. The van der Waals surface area contributed by atoms with Crippen LogP contribution in [0.15, 0.2) is 48.0 Å². The number of ether oxygens (including phenoxy) is 2. The molecule has 4 rings (SSSR count). The van der Waals surface area contributed by atoms with Gasteiger partial charge in [0.25, 0.3) is 11.7 Å². The van der Waals surface area contributed by atoms with E-state index in [1.165, 1.54) is 42.3 Å². The van der Waals surface area contributed by atoms with Crippen molar-refractivity contribution in [1.29, 1.82) is 0 Å². The van der Waals surface area contributed by atoms with Crippen molar-refractivity contribution in [2.45, 2.75) is 6.04 Å². The lowest BCUT2D eigenvalue weighted by Gasteiger charge is -2.31.